The molecule has 4 aromatic rings. The third-order valence-electron chi connectivity index (χ3n) is 7.49. The molecule has 0 aliphatic carbocycles. The molecular formula is C30H35F2N7O2. The molecule has 216 valence electrons. The molecule has 2 aromatic heterocycles. The highest BCUT2D eigenvalue weighted by atomic mass is 19.1. The molecule has 3 heterocycles. The molecule has 9 nitrogen and oxygen atoms in total. The first kappa shape index (κ1) is 28.4. The highest BCUT2D eigenvalue weighted by Gasteiger charge is 2.26. The van der Waals surface area contributed by atoms with Gasteiger partial charge in [-0.15, -0.1) is 0 Å². The molecule has 1 aliphatic rings. The van der Waals surface area contributed by atoms with Crippen LogP contribution in [-0.4, -0.2) is 81.9 Å². The Balaban J connectivity index is 1.41. The van der Waals surface area contributed by atoms with E-state index >= 15 is 4.39 Å². The van der Waals surface area contributed by atoms with Gasteiger partial charge in [0.05, 0.1) is 5.52 Å². The Hall–Kier alpha value is -4.09. The smallest absolute Gasteiger partial charge is 0.262 e. The topological polar surface area (TPSA) is 89.6 Å². The number of piperazine rings is 1. The van der Waals surface area contributed by atoms with E-state index in [1.54, 1.807) is 14.0 Å². The second-order valence-corrected chi connectivity index (χ2v) is 10.3. The summed E-state index contributed by atoms with van der Waals surface area (Å²) < 4.78 is 35.9. The third-order valence-corrected chi connectivity index (χ3v) is 7.49. The number of carbonyl (C=O) groups is 1. The molecule has 1 saturated heterocycles. The number of aromatic nitrogens is 3. The summed E-state index contributed by atoms with van der Waals surface area (Å²) in [6, 6.07) is 10.4. The van der Waals surface area contributed by atoms with E-state index in [4.69, 9.17) is 4.74 Å². The maximum absolute atomic E-state index is 15.3. The number of nitrogens with one attached hydrogen (secondary N) is 2. The van der Waals surface area contributed by atoms with Gasteiger partial charge in [0.1, 0.15) is 11.9 Å². The van der Waals surface area contributed by atoms with Crippen molar-refractivity contribution < 1.29 is 18.3 Å². The SMILES string of the molecule is CCN1CCN(Cc2ccc(Nc3ncnc(Oc4cc(F)c5[nH]c(C)cc5c4F)c3C(=O)N(C)CC)cc2)CC1. The fourth-order valence-electron chi connectivity index (χ4n) is 4.93. The fraction of sp³-hybridized carbons (Fsp3) is 0.367. The van der Waals surface area contributed by atoms with Crippen molar-refractivity contribution in [2.24, 2.45) is 0 Å². The lowest BCUT2D eigenvalue weighted by Crippen LogP contribution is -2.45. The number of ether oxygens (including phenoxy) is 1. The number of rotatable bonds is 9. The van der Waals surface area contributed by atoms with Crippen LogP contribution in [0.3, 0.4) is 0 Å². The summed E-state index contributed by atoms with van der Waals surface area (Å²) in [6.45, 7) is 12.3. The quantitative estimate of drug-likeness (QED) is 0.285. The van der Waals surface area contributed by atoms with Gasteiger partial charge in [0.2, 0.25) is 5.88 Å². The minimum absolute atomic E-state index is 0.0138. The van der Waals surface area contributed by atoms with Gasteiger partial charge in [-0.25, -0.2) is 18.7 Å². The van der Waals surface area contributed by atoms with Crippen LogP contribution < -0.4 is 10.1 Å². The van der Waals surface area contributed by atoms with Gasteiger partial charge >= 0.3 is 0 Å². The molecule has 1 aliphatic heterocycles. The van der Waals surface area contributed by atoms with Gasteiger partial charge in [0.15, 0.2) is 23.2 Å². The predicted octanol–water partition coefficient (Wildman–Crippen LogP) is 5.31. The number of carbonyl (C=O) groups excluding carboxylic acids is 1. The molecule has 1 amide bonds. The van der Waals surface area contributed by atoms with E-state index in [2.05, 4.69) is 37.0 Å². The lowest BCUT2D eigenvalue weighted by atomic mass is 10.1. The second-order valence-electron chi connectivity index (χ2n) is 10.3. The Morgan fingerprint density at radius 3 is 2.46 bits per heavy atom. The van der Waals surface area contributed by atoms with E-state index in [0.717, 1.165) is 45.3 Å². The largest absolute Gasteiger partial charge is 0.435 e. The number of halogens is 2. The van der Waals surface area contributed by atoms with Crippen LogP contribution in [0, 0.1) is 18.6 Å². The summed E-state index contributed by atoms with van der Waals surface area (Å²) in [6.07, 6.45) is 1.22. The lowest BCUT2D eigenvalue weighted by molar-refractivity contribution is 0.0799. The van der Waals surface area contributed by atoms with Crippen LogP contribution >= 0.6 is 0 Å². The summed E-state index contributed by atoms with van der Waals surface area (Å²) in [5.41, 5.74) is 2.56. The second kappa shape index (κ2) is 12.2. The van der Waals surface area contributed by atoms with Gasteiger partial charge in [-0.1, -0.05) is 19.1 Å². The van der Waals surface area contributed by atoms with Crippen molar-refractivity contribution in [1.82, 2.24) is 29.7 Å². The molecule has 0 bridgehead atoms. The zero-order valence-electron chi connectivity index (χ0n) is 23.8. The van der Waals surface area contributed by atoms with Crippen molar-refractivity contribution in [2.75, 3.05) is 51.6 Å². The highest BCUT2D eigenvalue weighted by molar-refractivity contribution is 6.01. The van der Waals surface area contributed by atoms with Gasteiger partial charge in [-0.3, -0.25) is 9.69 Å². The number of aromatic amines is 1. The van der Waals surface area contributed by atoms with Gasteiger partial charge in [-0.2, -0.15) is 0 Å². The number of amides is 1. The first-order chi connectivity index (χ1) is 19.8. The number of nitrogens with zero attached hydrogens (tertiary/aromatic N) is 5. The van der Waals surface area contributed by atoms with Gasteiger partial charge in [0.25, 0.3) is 5.91 Å². The molecule has 0 saturated carbocycles. The number of anilines is 2. The fourth-order valence-corrected chi connectivity index (χ4v) is 4.93. The summed E-state index contributed by atoms with van der Waals surface area (Å²) in [5.74, 6) is -2.22. The Morgan fingerprint density at radius 1 is 1.07 bits per heavy atom. The van der Waals surface area contributed by atoms with Crippen LogP contribution in [0.15, 0.2) is 42.7 Å². The zero-order chi connectivity index (χ0) is 29.1. The lowest BCUT2D eigenvalue weighted by Gasteiger charge is -2.34. The molecule has 2 N–H and O–H groups in total. The molecule has 5 rings (SSSR count). The number of hydrogen-bond acceptors (Lipinski definition) is 7. The van der Waals surface area contributed by atoms with Crippen molar-refractivity contribution in [3.63, 3.8) is 0 Å². The van der Waals surface area contributed by atoms with Gasteiger partial charge < -0.3 is 24.8 Å². The van der Waals surface area contributed by atoms with Crippen LogP contribution in [0.5, 0.6) is 11.6 Å². The van der Waals surface area contributed by atoms with E-state index in [1.807, 2.05) is 31.2 Å². The number of hydrogen-bond donors (Lipinski definition) is 2. The van der Waals surface area contributed by atoms with Crippen LogP contribution in [-0.2, 0) is 6.54 Å². The van der Waals surface area contributed by atoms with Crippen molar-refractivity contribution in [1.29, 1.82) is 0 Å². The van der Waals surface area contributed by atoms with E-state index in [-0.39, 0.29) is 33.9 Å². The van der Waals surface area contributed by atoms with E-state index in [9.17, 15) is 9.18 Å². The normalized spacial score (nSPS) is 14.4. The van der Waals surface area contributed by atoms with Crippen molar-refractivity contribution in [2.45, 2.75) is 27.3 Å². The molecule has 0 spiro atoms. The zero-order valence-corrected chi connectivity index (χ0v) is 23.8. The molecule has 41 heavy (non-hydrogen) atoms. The average Bonchev–Trinajstić information content (AvgIpc) is 3.39. The van der Waals surface area contributed by atoms with E-state index < -0.39 is 17.5 Å². The minimum Gasteiger partial charge on any atom is -0.435 e. The van der Waals surface area contributed by atoms with E-state index in [1.165, 1.54) is 22.9 Å². The Kier molecular flexibility index (Phi) is 8.46. The standard InChI is InChI=1S/C30H35F2N7O2/c1-5-37(4)30(40)25-28(36-21-9-7-20(8-10-21)17-39-13-11-38(6-2)12-14-39)33-18-34-29(25)41-24-16-23(31)27-22(26(24)32)15-19(3)35-27/h7-10,15-16,18,35H,5-6,11-14,17H2,1-4H3,(H,33,34,36). The monoisotopic (exact) mass is 563 g/mol. The van der Waals surface area contributed by atoms with Gasteiger partial charge in [-0.05, 0) is 44.2 Å². The van der Waals surface area contributed by atoms with Crippen molar-refractivity contribution in [3.8, 4) is 11.6 Å². The number of fused-ring (bicyclic) bond motifs is 1. The molecule has 0 atom stereocenters. The molecule has 2 aromatic carbocycles. The number of aryl methyl sites for hydroxylation is 1. The first-order valence-corrected chi connectivity index (χ1v) is 13.8. The summed E-state index contributed by atoms with van der Waals surface area (Å²) >= 11 is 0. The summed E-state index contributed by atoms with van der Waals surface area (Å²) in [4.78, 5) is 31.0. The average molecular weight is 564 g/mol. The number of benzene rings is 2. The van der Waals surface area contributed by atoms with Crippen molar-refractivity contribution in [3.05, 3.63) is 71.2 Å². The first-order valence-electron chi connectivity index (χ1n) is 13.8. The Morgan fingerprint density at radius 2 is 1.78 bits per heavy atom. The highest BCUT2D eigenvalue weighted by Crippen LogP contribution is 2.35. The maximum Gasteiger partial charge on any atom is 0.262 e. The number of likely N-dealkylation sites (N-methyl/N-ethyl adjacent to an activating group) is 1. The Bertz CT molecular complexity index is 1530. The van der Waals surface area contributed by atoms with Crippen molar-refractivity contribution >= 4 is 28.3 Å². The number of H-pyrrole nitrogens is 1. The predicted molar refractivity (Wildman–Crippen MR) is 155 cm³/mol. The molecule has 0 radical (unpaired) electrons. The third kappa shape index (κ3) is 6.15. The van der Waals surface area contributed by atoms with Crippen LogP contribution in [0.2, 0.25) is 0 Å². The molecule has 11 heteroatoms. The summed E-state index contributed by atoms with van der Waals surface area (Å²) in [7, 11) is 1.63. The van der Waals surface area contributed by atoms with E-state index in [0.29, 0.717) is 17.9 Å². The maximum atomic E-state index is 15.3. The molecule has 0 unspecified atom stereocenters. The molecule has 1 fully saturated rings. The molecular weight excluding hydrogens is 528 g/mol. The van der Waals surface area contributed by atoms with Crippen LogP contribution in [0.25, 0.3) is 10.9 Å². The Labute approximate surface area is 238 Å². The minimum atomic E-state index is -0.757. The summed E-state index contributed by atoms with van der Waals surface area (Å²) in [5, 5.41) is 3.24. The van der Waals surface area contributed by atoms with Crippen LogP contribution in [0.4, 0.5) is 20.3 Å². The van der Waals surface area contributed by atoms with Gasteiger partial charge in [0, 0.05) is 69.2 Å². The van der Waals surface area contributed by atoms with Crippen LogP contribution in [0.1, 0.15) is 35.5 Å².